The van der Waals surface area contributed by atoms with Crippen molar-refractivity contribution < 1.29 is 13.2 Å². The van der Waals surface area contributed by atoms with Gasteiger partial charge in [0.15, 0.2) is 0 Å². The zero-order valence-corrected chi connectivity index (χ0v) is 13.0. The minimum atomic E-state index is -3.41. The molecular weight excluding hydrogens is 274 g/mol. The van der Waals surface area contributed by atoms with Crippen LogP contribution in [0, 0.1) is 0 Å². The van der Waals surface area contributed by atoms with Crippen LogP contribution < -0.4 is 4.74 Å². The van der Waals surface area contributed by atoms with Crippen molar-refractivity contribution in [1.82, 2.24) is 4.31 Å². The maximum absolute atomic E-state index is 12.5. The van der Waals surface area contributed by atoms with Gasteiger partial charge in [-0.3, -0.25) is 0 Å². The zero-order chi connectivity index (χ0) is 15.0. The van der Waals surface area contributed by atoms with Gasteiger partial charge in [0.25, 0.3) is 0 Å². The third-order valence-corrected chi connectivity index (χ3v) is 4.69. The Labute approximate surface area is 122 Å². The van der Waals surface area contributed by atoms with Crippen LogP contribution in [0.2, 0.25) is 0 Å². The van der Waals surface area contributed by atoms with Gasteiger partial charge in [-0.05, 0) is 37.1 Å². The summed E-state index contributed by atoms with van der Waals surface area (Å²) in [5.74, 6) is 0.640. The van der Waals surface area contributed by atoms with E-state index in [4.69, 9.17) is 4.74 Å². The summed E-state index contributed by atoms with van der Waals surface area (Å²) in [4.78, 5) is 0.311. The van der Waals surface area contributed by atoms with Crippen LogP contribution in [0.1, 0.15) is 26.7 Å². The summed E-state index contributed by atoms with van der Waals surface area (Å²) in [7, 11) is -3.41. The van der Waals surface area contributed by atoms with Gasteiger partial charge < -0.3 is 4.74 Å². The van der Waals surface area contributed by atoms with Crippen LogP contribution in [0.3, 0.4) is 0 Å². The SMILES string of the molecule is C=CCOc1ccc(S(=O)(=O)N(CCC)CCC)cc1. The Kier molecular flexibility index (Phi) is 6.75. The van der Waals surface area contributed by atoms with Crippen LogP contribution in [0.15, 0.2) is 41.8 Å². The first-order chi connectivity index (χ1) is 9.56. The highest BCUT2D eigenvalue weighted by molar-refractivity contribution is 7.89. The minimum absolute atomic E-state index is 0.311. The molecule has 1 rings (SSSR count). The van der Waals surface area contributed by atoms with E-state index in [9.17, 15) is 8.42 Å². The van der Waals surface area contributed by atoms with Gasteiger partial charge in [-0.15, -0.1) is 0 Å². The lowest BCUT2D eigenvalue weighted by Crippen LogP contribution is -2.32. The van der Waals surface area contributed by atoms with E-state index in [0.29, 0.717) is 30.3 Å². The van der Waals surface area contributed by atoms with Gasteiger partial charge in [0, 0.05) is 13.1 Å². The minimum Gasteiger partial charge on any atom is -0.490 e. The number of benzene rings is 1. The summed E-state index contributed by atoms with van der Waals surface area (Å²) in [6.45, 7) is 9.02. The third kappa shape index (κ3) is 4.35. The molecular formula is C15H23NO3S. The van der Waals surface area contributed by atoms with Crippen LogP contribution in [0.4, 0.5) is 0 Å². The first-order valence-electron chi connectivity index (χ1n) is 6.90. The molecule has 0 bridgehead atoms. The highest BCUT2D eigenvalue weighted by Gasteiger charge is 2.22. The average Bonchev–Trinajstić information content (AvgIpc) is 2.45. The Morgan fingerprint density at radius 3 is 2.15 bits per heavy atom. The van der Waals surface area contributed by atoms with Crippen LogP contribution in [0.25, 0.3) is 0 Å². The lowest BCUT2D eigenvalue weighted by molar-refractivity contribution is 0.363. The number of ether oxygens (including phenoxy) is 1. The lowest BCUT2D eigenvalue weighted by atomic mass is 10.3. The highest BCUT2D eigenvalue weighted by Crippen LogP contribution is 2.20. The molecule has 0 spiro atoms. The molecule has 0 radical (unpaired) electrons. The van der Waals surface area contributed by atoms with Gasteiger partial charge >= 0.3 is 0 Å². The average molecular weight is 297 g/mol. The predicted molar refractivity (Wildman–Crippen MR) is 81.5 cm³/mol. The highest BCUT2D eigenvalue weighted by atomic mass is 32.2. The Morgan fingerprint density at radius 2 is 1.70 bits per heavy atom. The Balaban J connectivity index is 2.92. The van der Waals surface area contributed by atoms with E-state index in [2.05, 4.69) is 6.58 Å². The maximum atomic E-state index is 12.5. The van der Waals surface area contributed by atoms with Crippen molar-refractivity contribution in [2.45, 2.75) is 31.6 Å². The molecule has 0 saturated carbocycles. The molecule has 0 fully saturated rings. The fourth-order valence-corrected chi connectivity index (χ4v) is 3.49. The molecule has 0 unspecified atom stereocenters. The largest absolute Gasteiger partial charge is 0.490 e. The van der Waals surface area contributed by atoms with Crippen molar-refractivity contribution in [3.8, 4) is 5.75 Å². The van der Waals surface area contributed by atoms with E-state index in [-0.39, 0.29) is 0 Å². The van der Waals surface area contributed by atoms with E-state index in [0.717, 1.165) is 12.8 Å². The number of sulfonamides is 1. The zero-order valence-electron chi connectivity index (χ0n) is 12.2. The summed E-state index contributed by atoms with van der Waals surface area (Å²) in [6.07, 6.45) is 3.26. The van der Waals surface area contributed by atoms with E-state index < -0.39 is 10.0 Å². The summed E-state index contributed by atoms with van der Waals surface area (Å²) >= 11 is 0. The molecule has 0 amide bonds. The summed E-state index contributed by atoms with van der Waals surface area (Å²) in [5, 5.41) is 0. The van der Waals surface area contributed by atoms with Crippen LogP contribution >= 0.6 is 0 Å². The maximum Gasteiger partial charge on any atom is 0.243 e. The summed E-state index contributed by atoms with van der Waals surface area (Å²) < 4.78 is 31.9. The van der Waals surface area contributed by atoms with Gasteiger partial charge in [0.05, 0.1) is 4.90 Å². The first-order valence-corrected chi connectivity index (χ1v) is 8.34. The summed E-state index contributed by atoms with van der Waals surface area (Å²) in [5.41, 5.74) is 0. The Hall–Kier alpha value is -1.33. The quantitative estimate of drug-likeness (QED) is 0.658. The molecule has 112 valence electrons. The molecule has 0 aliphatic carbocycles. The van der Waals surface area contributed by atoms with Crippen molar-refractivity contribution in [2.75, 3.05) is 19.7 Å². The van der Waals surface area contributed by atoms with E-state index in [1.165, 1.54) is 4.31 Å². The smallest absolute Gasteiger partial charge is 0.243 e. The summed E-state index contributed by atoms with van der Waals surface area (Å²) in [6, 6.07) is 6.52. The predicted octanol–water partition coefficient (Wildman–Crippen LogP) is 3.06. The van der Waals surface area contributed by atoms with Gasteiger partial charge in [0.1, 0.15) is 12.4 Å². The fourth-order valence-electron chi connectivity index (χ4n) is 1.86. The second-order valence-corrected chi connectivity index (χ2v) is 6.41. The van der Waals surface area contributed by atoms with Crippen LogP contribution in [0.5, 0.6) is 5.75 Å². The molecule has 20 heavy (non-hydrogen) atoms. The van der Waals surface area contributed by atoms with Crippen LogP contribution in [-0.2, 0) is 10.0 Å². The molecule has 1 aromatic rings. The molecule has 0 aromatic heterocycles. The van der Waals surface area contributed by atoms with E-state index >= 15 is 0 Å². The topological polar surface area (TPSA) is 46.6 Å². The molecule has 4 nitrogen and oxygen atoms in total. The van der Waals surface area contributed by atoms with Crippen molar-refractivity contribution in [3.63, 3.8) is 0 Å². The van der Waals surface area contributed by atoms with Crippen molar-refractivity contribution in [1.29, 1.82) is 0 Å². The number of hydrogen-bond donors (Lipinski definition) is 0. The number of rotatable bonds is 9. The van der Waals surface area contributed by atoms with Crippen molar-refractivity contribution >= 4 is 10.0 Å². The molecule has 0 aliphatic rings. The normalized spacial score (nSPS) is 11.6. The molecule has 0 aliphatic heterocycles. The van der Waals surface area contributed by atoms with Crippen molar-refractivity contribution in [3.05, 3.63) is 36.9 Å². The molecule has 0 saturated heterocycles. The lowest BCUT2D eigenvalue weighted by Gasteiger charge is -2.21. The second-order valence-electron chi connectivity index (χ2n) is 4.48. The van der Waals surface area contributed by atoms with Gasteiger partial charge in [0.2, 0.25) is 10.0 Å². The molecule has 5 heteroatoms. The first kappa shape index (κ1) is 16.7. The van der Waals surface area contributed by atoms with Crippen molar-refractivity contribution in [2.24, 2.45) is 0 Å². The van der Waals surface area contributed by atoms with Gasteiger partial charge in [-0.2, -0.15) is 4.31 Å². The molecule has 1 aromatic carbocycles. The second kappa shape index (κ2) is 8.07. The van der Waals surface area contributed by atoms with Crippen LogP contribution in [-0.4, -0.2) is 32.4 Å². The van der Waals surface area contributed by atoms with E-state index in [1.807, 2.05) is 13.8 Å². The van der Waals surface area contributed by atoms with Gasteiger partial charge in [-0.1, -0.05) is 26.5 Å². The molecule has 0 heterocycles. The monoisotopic (exact) mass is 297 g/mol. The fraction of sp³-hybridized carbons (Fsp3) is 0.467. The molecule has 0 atom stereocenters. The number of nitrogens with zero attached hydrogens (tertiary/aromatic N) is 1. The van der Waals surface area contributed by atoms with Gasteiger partial charge in [-0.25, -0.2) is 8.42 Å². The number of hydrogen-bond acceptors (Lipinski definition) is 3. The Bertz CT molecular complexity index is 502. The third-order valence-electron chi connectivity index (χ3n) is 2.78. The standard InChI is InChI=1S/C15H23NO3S/c1-4-11-16(12-5-2)20(17,18)15-9-7-14(8-10-15)19-13-6-3/h6-10H,3-5,11-13H2,1-2H3. The molecule has 0 N–H and O–H groups in total. The Morgan fingerprint density at radius 1 is 1.15 bits per heavy atom. The van der Waals surface area contributed by atoms with E-state index in [1.54, 1.807) is 30.3 Å².